The maximum Gasteiger partial charge on any atom is 0.242 e. The maximum atomic E-state index is 12.2. The van der Waals surface area contributed by atoms with Gasteiger partial charge in [0.1, 0.15) is 4.90 Å². The van der Waals surface area contributed by atoms with Crippen LogP contribution in [0.15, 0.2) is 29.2 Å². The molecule has 0 aliphatic heterocycles. The van der Waals surface area contributed by atoms with E-state index in [1.165, 1.54) is 19.3 Å². The topological polar surface area (TPSA) is 58.2 Å². The molecule has 1 aromatic rings. The largest absolute Gasteiger partial charge is 0.387 e. The van der Waals surface area contributed by atoms with Gasteiger partial charge >= 0.3 is 0 Å². The monoisotopic (exact) mass is 312 g/mol. The third-order valence-electron chi connectivity index (χ3n) is 3.45. The van der Waals surface area contributed by atoms with E-state index in [0.717, 1.165) is 18.8 Å². The maximum absolute atomic E-state index is 12.2. The molecule has 0 amide bonds. The van der Waals surface area contributed by atoms with Gasteiger partial charge < -0.3 is 5.32 Å². The van der Waals surface area contributed by atoms with Crippen LogP contribution in [0.3, 0.4) is 0 Å². The van der Waals surface area contributed by atoms with Gasteiger partial charge in [0.05, 0.1) is 5.69 Å². The molecule has 0 aromatic heterocycles. The lowest BCUT2D eigenvalue weighted by Gasteiger charge is -2.11. The first-order valence-corrected chi connectivity index (χ1v) is 9.22. The van der Waals surface area contributed by atoms with E-state index < -0.39 is 10.0 Å². The minimum Gasteiger partial charge on any atom is -0.387 e. The molecule has 0 unspecified atom stereocenters. The number of nitrogens with one attached hydrogen (secondary N) is 2. The molecule has 0 aliphatic carbocycles. The third kappa shape index (κ3) is 6.48. The van der Waals surface area contributed by atoms with Crippen LogP contribution in [-0.2, 0) is 10.0 Å². The van der Waals surface area contributed by atoms with E-state index in [-0.39, 0.29) is 0 Å². The Morgan fingerprint density at radius 3 is 2.38 bits per heavy atom. The van der Waals surface area contributed by atoms with E-state index in [9.17, 15) is 8.42 Å². The Hall–Kier alpha value is -1.07. The molecule has 1 aromatic carbocycles. The summed E-state index contributed by atoms with van der Waals surface area (Å²) in [5, 5.41) is 2.91. The number of hydrogen-bond acceptors (Lipinski definition) is 3. The van der Waals surface area contributed by atoms with E-state index in [1.54, 1.807) is 25.2 Å². The quantitative estimate of drug-likeness (QED) is 0.649. The van der Waals surface area contributed by atoms with Crippen molar-refractivity contribution in [2.75, 3.05) is 18.9 Å². The normalized spacial score (nSPS) is 11.8. The number of hydrogen-bond donors (Lipinski definition) is 2. The van der Waals surface area contributed by atoms with Gasteiger partial charge in [-0.1, -0.05) is 51.7 Å². The second-order valence-corrected chi connectivity index (χ2v) is 7.48. The Kier molecular flexibility index (Phi) is 7.75. The number of sulfonamides is 1. The summed E-state index contributed by atoms with van der Waals surface area (Å²) < 4.78 is 27.2. The fraction of sp³-hybridized carbons (Fsp3) is 0.625. The zero-order chi connectivity index (χ0) is 15.7. The molecule has 0 heterocycles. The third-order valence-corrected chi connectivity index (χ3v) is 4.97. The minimum absolute atomic E-state index is 0.312. The molecule has 1 rings (SSSR count). The first-order chi connectivity index (χ1) is 9.97. The average molecular weight is 312 g/mol. The van der Waals surface area contributed by atoms with Crippen molar-refractivity contribution in [3.8, 4) is 0 Å². The highest BCUT2D eigenvalue weighted by Gasteiger charge is 2.16. The summed E-state index contributed by atoms with van der Waals surface area (Å²) in [7, 11) is -1.70. The van der Waals surface area contributed by atoms with Crippen LogP contribution in [0.1, 0.15) is 46.0 Å². The Balaban J connectivity index is 2.37. The molecule has 5 heteroatoms. The van der Waals surface area contributed by atoms with Crippen molar-refractivity contribution in [1.29, 1.82) is 0 Å². The Bertz CT molecular complexity index is 513. The molecule has 0 saturated heterocycles. The highest BCUT2D eigenvalue weighted by atomic mass is 32.2. The molecule has 0 bridgehead atoms. The van der Waals surface area contributed by atoms with Crippen LogP contribution in [-0.4, -0.2) is 22.0 Å². The van der Waals surface area contributed by atoms with Gasteiger partial charge in [0.2, 0.25) is 10.0 Å². The highest BCUT2D eigenvalue weighted by molar-refractivity contribution is 7.89. The van der Waals surface area contributed by atoms with Crippen LogP contribution in [0, 0.1) is 5.92 Å². The Labute approximate surface area is 129 Å². The molecule has 0 saturated carbocycles. The summed E-state index contributed by atoms with van der Waals surface area (Å²) in [4.78, 5) is 0.312. The van der Waals surface area contributed by atoms with Crippen molar-refractivity contribution in [3.63, 3.8) is 0 Å². The number of rotatable bonds is 10. The van der Waals surface area contributed by atoms with Gasteiger partial charge in [-0.2, -0.15) is 0 Å². The van der Waals surface area contributed by atoms with Crippen molar-refractivity contribution < 1.29 is 8.42 Å². The number of benzene rings is 1. The molecule has 0 atom stereocenters. The summed E-state index contributed by atoms with van der Waals surface area (Å²) in [6.07, 6.45) is 5.61. The first-order valence-electron chi connectivity index (χ1n) is 7.74. The number of unbranched alkanes of at least 4 members (excludes halogenated alkanes) is 3. The van der Waals surface area contributed by atoms with E-state index in [2.05, 4.69) is 23.9 Å². The summed E-state index contributed by atoms with van der Waals surface area (Å²) in [6, 6.07) is 6.94. The minimum atomic E-state index is -3.42. The van der Waals surface area contributed by atoms with Gasteiger partial charge in [-0.25, -0.2) is 13.1 Å². The van der Waals surface area contributed by atoms with Crippen molar-refractivity contribution in [2.24, 2.45) is 5.92 Å². The van der Waals surface area contributed by atoms with E-state index in [1.807, 2.05) is 6.07 Å². The lowest BCUT2D eigenvalue weighted by molar-refractivity contribution is 0.517. The van der Waals surface area contributed by atoms with Crippen molar-refractivity contribution in [2.45, 2.75) is 50.8 Å². The van der Waals surface area contributed by atoms with Gasteiger partial charge in [-0.05, 0) is 24.5 Å². The van der Waals surface area contributed by atoms with Gasteiger partial charge in [0.15, 0.2) is 0 Å². The van der Waals surface area contributed by atoms with Gasteiger partial charge in [-0.15, -0.1) is 0 Å². The zero-order valence-electron chi connectivity index (χ0n) is 13.4. The van der Waals surface area contributed by atoms with Gasteiger partial charge in [0, 0.05) is 13.6 Å². The van der Waals surface area contributed by atoms with Gasteiger partial charge in [-0.3, -0.25) is 0 Å². The van der Waals surface area contributed by atoms with Crippen molar-refractivity contribution >= 4 is 15.7 Å². The fourth-order valence-corrected chi connectivity index (χ4v) is 3.51. The first kappa shape index (κ1) is 18.0. The van der Waals surface area contributed by atoms with Crippen LogP contribution < -0.4 is 10.0 Å². The second kappa shape index (κ2) is 9.05. The van der Waals surface area contributed by atoms with Crippen LogP contribution in [0.4, 0.5) is 5.69 Å². The number of anilines is 1. The van der Waals surface area contributed by atoms with Crippen molar-refractivity contribution in [3.05, 3.63) is 24.3 Å². The molecule has 2 N–H and O–H groups in total. The molecule has 0 fully saturated rings. The molecular formula is C16H28N2O2S. The summed E-state index contributed by atoms with van der Waals surface area (Å²) in [5.74, 6) is 0.751. The smallest absolute Gasteiger partial charge is 0.242 e. The average Bonchev–Trinajstić information content (AvgIpc) is 2.45. The standard InChI is InChI=1S/C16H28N2O2S/c1-14(2)10-6-4-5-9-13-18-21(19,20)16-12-8-7-11-15(16)17-3/h7-8,11-12,14,17-18H,4-6,9-10,13H2,1-3H3. The molecular weight excluding hydrogens is 284 g/mol. The second-order valence-electron chi connectivity index (χ2n) is 5.74. The highest BCUT2D eigenvalue weighted by Crippen LogP contribution is 2.19. The van der Waals surface area contributed by atoms with Gasteiger partial charge in [0.25, 0.3) is 0 Å². The predicted molar refractivity (Wildman–Crippen MR) is 89.1 cm³/mol. The fourth-order valence-electron chi connectivity index (χ4n) is 2.22. The molecule has 0 spiro atoms. The lowest BCUT2D eigenvalue weighted by Crippen LogP contribution is -2.25. The molecule has 0 aliphatic rings. The molecule has 0 radical (unpaired) electrons. The molecule has 21 heavy (non-hydrogen) atoms. The lowest BCUT2D eigenvalue weighted by atomic mass is 10.0. The Morgan fingerprint density at radius 1 is 1.05 bits per heavy atom. The van der Waals surface area contributed by atoms with E-state index in [4.69, 9.17) is 0 Å². The van der Waals surface area contributed by atoms with Crippen LogP contribution in [0.5, 0.6) is 0 Å². The summed E-state index contributed by atoms with van der Waals surface area (Å²) >= 11 is 0. The Morgan fingerprint density at radius 2 is 1.71 bits per heavy atom. The number of para-hydroxylation sites is 1. The predicted octanol–water partition coefficient (Wildman–Crippen LogP) is 3.61. The summed E-state index contributed by atoms with van der Waals surface area (Å²) in [6.45, 7) is 4.96. The zero-order valence-corrected chi connectivity index (χ0v) is 14.2. The van der Waals surface area contributed by atoms with Crippen molar-refractivity contribution in [1.82, 2.24) is 4.72 Å². The van der Waals surface area contributed by atoms with E-state index >= 15 is 0 Å². The molecule has 4 nitrogen and oxygen atoms in total. The van der Waals surface area contributed by atoms with Crippen LogP contribution in [0.25, 0.3) is 0 Å². The van der Waals surface area contributed by atoms with E-state index in [0.29, 0.717) is 17.1 Å². The molecule has 120 valence electrons. The van der Waals surface area contributed by atoms with Crippen LogP contribution in [0.2, 0.25) is 0 Å². The van der Waals surface area contributed by atoms with Crippen LogP contribution >= 0.6 is 0 Å². The SMILES string of the molecule is CNc1ccccc1S(=O)(=O)NCCCCCCC(C)C. The summed E-state index contributed by atoms with van der Waals surface area (Å²) in [5.41, 5.74) is 0.627.